The molecule has 1 N–H and O–H groups in total. The first-order valence-corrected chi connectivity index (χ1v) is 8.35. The maximum absolute atomic E-state index is 11.4. The lowest BCUT2D eigenvalue weighted by atomic mass is 10.2. The van der Waals surface area contributed by atoms with Gasteiger partial charge < -0.3 is 10.1 Å². The van der Waals surface area contributed by atoms with Crippen LogP contribution in [0.4, 0.5) is 10.8 Å². The zero-order valence-corrected chi connectivity index (χ0v) is 13.1. The highest BCUT2D eigenvalue weighted by molar-refractivity contribution is 7.17. The number of hydrogen-bond acceptors (Lipinski definition) is 6. The predicted octanol–water partition coefficient (Wildman–Crippen LogP) is 4.21. The number of benzene rings is 1. The van der Waals surface area contributed by atoms with Crippen LogP contribution in [0, 0.1) is 0 Å². The summed E-state index contributed by atoms with van der Waals surface area (Å²) < 4.78 is 6.19. The molecule has 1 aromatic carbocycles. The molecule has 0 bridgehead atoms. The van der Waals surface area contributed by atoms with Crippen molar-refractivity contribution in [1.29, 1.82) is 0 Å². The number of rotatable bonds is 5. The van der Waals surface area contributed by atoms with Gasteiger partial charge >= 0.3 is 5.97 Å². The first-order valence-electron chi connectivity index (χ1n) is 6.59. The number of carbonyl (C=O) groups excluding carboxylic acids is 1. The first-order chi connectivity index (χ1) is 10.2. The minimum Gasteiger partial charge on any atom is -0.466 e. The number of ether oxygens (including phenoxy) is 1. The van der Waals surface area contributed by atoms with Gasteiger partial charge in [-0.05, 0) is 42.0 Å². The van der Waals surface area contributed by atoms with Crippen molar-refractivity contribution in [2.24, 2.45) is 0 Å². The fourth-order valence-electron chi connectivity index (χ4n) is 1.97. The van der Waals surface area contributed by atoms with Gasteiger partial charge in [-0.2, -0.15) is 0 Å². The second-order valence-electron chi connectivity index (χ2n) is 4.42. The molecule has 0 unspecified atom stereocenters. The molecule has 0 saturated heterocycles. The summed E-state index contributed by atoms with van der Waals surface area (Å²) in [6.45, 7) is 2.20. The fourth-order valence-corrected chi connectivity index (χ4v) is 3.47. The molecule has 0 radical (unpaired) electrons. The van der Waals surface area contributed by atoms with Crippen LogP contribution in [0.2, 0.25) is 0 Å². The van der Waals surface area contributed by atoms with Crippen LogP contribution < -0.4 is 5.32 Å². The molecule has 0 aliphatic heterocycles. The molecule has 4 nitrogen and oxygen atoms in total. The molecule has 21 heavy (non-hydrogen) atoms. The summed E-state index contributed by atoms with van der Waals surface area (Å²) >= 11 is 3.21. The van der Waals surface area contributed by atoms with Crippen LogP contribution in [-0.4, -0.2) is 17.6 Å². The molecular weight excluding hydrogens is 304 g/mol. The Morgan fingerprint density at radius 3 is 3.10 bits per heavy atom. The number of hydrogen-bond donors (Lipinski definition) is 1. The zero-order chi connectivity index (χ0) is 14.7. The monoisotopic (exact) mass is 318 g/mol. The van der Waals surface area contributed by atoms with Crippen molar-refractivity contribution < 1.29 is 9.53 Å². The SMILES string of the molecule is CCOC(=O)Cc1csc(Nc2ccc3sccc3c2)n1. The van der Waals surface area contributed by atoms with Gasteiger partial charge in [0.05, 0.1) is 18.7 Å². The molecular formula is C15H14N2O2S2. The Kier molecular flexibility index (Phi) is 4.17. The summed E-state index contributed by atoms with van der Waals surface area (Å²) in [5, 5.41) is 9.22. The Morgan fingerprint density at radius 1 is 1.33 bits per heavy atom. The summed E-state index contributed by atoms with van der Waals surface area (Å²) in [4.78, 5) is 15.8. The fraction of sp³-hybridized carbons (Fsp3) is 0.200. The van der Waals surface area contributed by atoms with Crippen LogP contribution in [0.3, 0.4) is 0 Å². The van der Waals surface area contributed by atoms with E-state index in [4.69, 9.17) is 4.74 Å². The van der Waals surface area contributed by atoms with E-state index >= 15 is 0 Å². The number of aromatic nitrogens is 1. The number of esters is 1. The van der Waals surface area contributed by atoms with Crippen LogP contribution in [0.5, 0.6) is 0 Å². The van der Waals surface area contributed by atoms with Crippen molar-refractivity contribution in [2.45, 2.75) is 13.3 Å². The predicted molar refractivity (Wildman–Crippen MR) is 87.6 cm³/mol. The molecule has 2 aromatic heterocycles. The molecule has 3 rings (SSSR count). The van der Waals surface area contributed by atoms with Crippen molar-refractivity contribution in [2.75, 3.05) is 11.9 Å². The van der Waals surface area contributed by atoms with Crippen molar-refractivity contribution in [3.05, 3.63) is 40.7 Å². The smallest absolute Gasteiger partial charge is 0.311 e. The van der Waals surface area contributed by atoms with Crippen molar-refractivity contribution in [3.8, 4) is 0 Å². The molecule has 6 heteroatoms. The number of carbonyl (C=O) groups is 1. The molecule has 2 heterocycles. The molecule has 108 valence electrons. The normalized spacial score (nSPS) is 10.7. The largest absolute Gasteiger partial charge is 0.466 e. The Balaban J connectivity index is 1.70. The van der Waals surface area contributed by atoms with E-state index in [1.54, 1.807) is 18.3 Å². The number of thiophene rings is 1. The van der Waals surface area contributed by atoms with Gasteiger partial charge in [0.2, 0.25) is 0 Å². The first kappa shape index (κ1) is 14.0. The molecule has 0 aliphatic rings. The standard InChI is InChI=1S/C15H14N2O2S2/c1-2-19-14(18)8-12-9-21-15(17-12)16-11-3-4-13-10(7-11)5-6-20-13/h3-7,9H,2,8H2,1H3,(H,16,17). The molecule has 0 fully saturated rings. The van der Waals surface area contributed by atoms with Crippen LogP contribution in [0.1, 0.15) is 12.6 Å². The average Bonchev–Trinajstić information content (AvgIpc) is 3.08. The van der Waals surface area contributed by atoms with Gasteiger partial charge in [0.25, 0.3) is 0 Å². The van der Waals surface area contributed by atoms with Gasteiger partial charge in [-0.3, -0.25) is 4.79 Å². The number of fused-ring (bicyclic) bond motifs is 1. The lowest BCUT2D eigenvalue weighted by molar-refractivity contribution is -0.142. The lowest BCUT2D eigenvalue weighted by Crippen LogP contribution is -2.07. The molecule has 0 spiro atoms. The van der Waals surface area contributed by atoms with E-state index in [2.05, 4.69) is 33.9 Å². The summed E-state index contributed by atoms with van der Waals surface area (Å²) in [5.74, 6) is -0.242. The molecule has 0 saturated carbocycles. The Labute approximate surface area is 130 Å². The number of nitrogens with one attached hydrogen (secondary N) is 1. The van der Waals surface area contributed by atoms with Gasteiger partial charge in [-0.25, -0.2) is 4.98 Å². The average molecular weight is 318 g/mol. The third kappa shape index (κ3) is 3.40. The topological polar surface area (TPSA) is 51.2 Å². The van der Waals surface area contributed by atoms with Crippen LogP contribution in [0.25, 0.3) is 10.1 Å². The molecule has 0 aliphatic carbocycles. The van der Waals surface area contributed by atoms with E-state index in [0.29, 0.717) is 6.61 Å². The molecule has 0 amide bonds. The van der Waals surface area contributed by atoms with E-state index in [1.807, 2.05) is 11.4 Å². The van der Waals surface area contributed by atoms with Crippen LogP contribution >= 0.6 is 22.7 Å². The summed E-state index contributed by atoms with van der Waals surface area (Å²) in [7, 11) is 0. The lowest BCUT2D eigenvalue weighted by Gasteiger charge is -2.02. The minimum absolute atomic E-state index is 0.218. The van der Waals surface area contributed by atoms with Gasteiger partial charge in [0.15, 0.2) is 5.13 Å². The summed E-state index contributed by atoms with van der Waals surface area (Å²) in [6, 6.07) is 8.32. The highest BCUT2D eigenvalue weighted by atomic mass is 32.1. The summed E-state index contributed by atoms with van der Waals surface area (Å²) in [5.41, 5.74) is 1.73. The second kappa shape index (κ2) is 6.24. The van der Waals surface area contributed by atoms with E-state index in [1.165, 1.54) is 21.4 Å². The van der Waals surface area contributed by atoms with E-state index in [-0.39, 0.29) is 12.4 Å². The minimum atomic E-state index is -0.242. The number of thiazole rings is 1. The quantitative estimate of drug-likeness (QED) is 0.716. The van der Waals surface area contributed by atoms with Gasteiger partial charge in [0.1, 0.15) is 0 Å². The van der Waals surface area contributed by atoms with Crippen molar-refractivity contribution in [1.82, 2.24) is 4.98 Å². The Bertz CT molecular complexity index is 764. The number of nitrogens with zero attached hydrogens (tertiary/aromatic N) is 1. The second-order valence-corrected chi connectivity index (χ2v) is 6.23. The van der Waals surface area contributed by atoms with Gasteiger partial charge in [0, 0.05) is 15.8 Å². The zero-order valence-electron chi connectivity index (χ0n) is 11.5. The van der Waals surface area contributed by atoms with Gasteiger partial charge in [-0.1, -0.05) is 0 Å². The Hall–Kier alpha value is -1.92. The van der Waals surface area contributed by atoms with E-state index < -0.39 is 0 Å². The van der Waals surface area contributed by atoms with Gasteiger partial charge in [-0.15, -0.1) is 22.7 Å². The van der Waals surface area contributed by atoms with E-state index in [9.17, 15) is 4.79 Å². The Morgan fingerprint density at radius 2 is 2.24 bits per heavy atom. The highest BCUT2D eigenvalue weighted by Gasteiger charge is 2.08. The van der Waals surface area contributed by atoms with Crippen LogP contribution in [-0.2, 0) is 16.0 Å². The summed E-state index contributed by atoms with van der Waals surface area (Å²) in [6.07, 6.45) is 0.218. The van der Waals surface area contributed by atoms with Crippen molar-refractivity contribution >= 4 is 49.5 Å². The van der Waals surface area contributed by atoms with E-state index in [0.717, 1.165) is 16.5 Å². The van der Waals surface area contributed by atoms with Crippen LogP contribution in [0.15, 0.2) is 35.0 Å². The van der Waals surface area contributed by atoms with Crippen molar-refractivity contribution in [3.63, 3.8) is 0 Å². The maximum atomic E-state index is 11.4. The number of anilines is 2. The highest BCUT2D eigenvalue weighted by Crippen LogP contribution is 2.27. The maximum Gasteiger partial charge on any atom is 0.311 e. The third-order valence-corrected chi connectivity index (χ3v) is 4.59. The third-order valence-electron chi connectivity index (χ3n) is 2.89. The molecule has 0 atom stereocenters. The molecule has 3 aromatic rings.